The largest absolute Gasteiger partial charge is 0.345 e. The van der Waals surface area contributed by atoms with Crippen LogP contribution in [0.5, 0.6) is 0 Å². The van der Waals surface area contributed by atoms with Gasteiger partial charge in [0.05, 0.1) is 18.0 Å². The van der Waals surface area contributed by atoms with Gasteiger partial charge in [0.2, 0.25) is 10.0 Å². The van der Waals surface area contributed by atoms with Crippen LogP contribution in [0.1, 0.15) is 54.2 Å². The zero-order valence-electron chi connectivity index (χ0n) is 16.7. The van der Waals surface area contributed by atoms with Crippen LogP contribution < -0.4 is 9.62 Å². The van der Waals surface area contributed by atoms with E-state index in [9.17, 15) is 13.2 Å². The van der Waals surface area contributed by atoms with Crippen LogP contribution in [0.2, 0.25) is 0 Å². The number of aryl methyl sites for hydroxylation is 1. The van der Waals surface area contributed by atoms with E-state index in [4.69, 9.17) is 0 Å². The summed E-state index contributed by atoms with van der Waals surface area (Å²) in [5.74, 6) is 0.311. The Labute approximate surface area is 167 Å². The van der Waals surface area contributed by atoms with Crippen molar-refractivity contribution in [1.29, 1.82) is 0 Å². The molecule has 0 bridgehead atoms. The predicted molar refractivity (Wildman–Crippen MR) is 113 cm³/mol. The molecule has 1 unspecified atom stereocenters. The van der Waals surface area contributed by atoms with Crippen LogP contribution in [-0.2, 0) is 16.4 Å². The molecule has 5 nitrogen and oxygen atoms in total. The lowest BCUT2D eigenvalue weighted by Gasteiger charge is -2.29. The minimum absolute atomic E-state index is 0.0581. The number of amides is 1. The summed E-state index contributed by atoms with van der Waals surface area (Å²) in [6, 6.07) is 15.2. The van der Waals surface area contributed by atoms with Crippen molar-refractivity contribution in [3.8, 4) is 0 Å². The standard InChI is InChI=1S/C22H28N2O3S/c1-16(2)14-20(17-8-5-4-6-9-17)23-22(25)19-11-12-21-18(15-19)10-7-13-24(21)28(3,26)27/h4-6,8-9,11-12,15-16,20H,7,10,13-14H2,1-3H3,(H,23,25). The lowest BCUT2D eigenvalue weighted by molar-refractivity contribution is 0.0932. The Kier molecular flexibility index (Phi) is 6.08. The second-order valence-electron chi connectivity index (χ2n) is 7.85. The van der Waals surface area contributed by atoms with E-state index in [1.165, 1.54) is 10.6 Å². The molecule has 1 heterocycles. The fourth-order valence-corrected chi connectivity index (χ4v) is 4.72. The Hall–Kier alpha value is -2.34. The van der Waals surface area contributed by atoms with Crippen molar-refractivity contribution in [2.45, 2.75) is 39.2 Å². The molecule has 2 aromatic carbocycles. The number of nitrogens with zero attached hydrogens (tertiary/aromatic N) is 1. The number of carbonyl (C=O) groups excluding carboxylic acids is 1. The second-order valence-corrected chi connectivity index (χ2v) is 9.76. The molecule has 0 aromatic heterocycles. The molecule has 0 spiro atoms. The molecule has 0 saturated heterocycles. The van der Waals surface area contributed by atoms with E-state index in [2.05, 4.69) is 19.2 Å². The summed E-state index contributed by atoms with van der Waals surface area (Å²) >= 11 is 0. The highest BCUT2D eigenvalue weighted by molar-refractivity contribution is 7.92. The molecule has 0 aliphatic carbocycles. The van der Waals surface area contributed by atoms with Crippen molar-refractivity contribution >= 4 is 21.6 Å². The van der Waals surface area contributed by atoms with Crippen molar-refractivity contribution in [1.82, 2.24) is 5.32 Å². The third kappa shape index (κ3) is 4.73. The number of benzene rings is 2. The average Bonchev–Trinajstić information content (AvgIpc) is 2.66. The van der Waals surface area contributed by atoms with Gasteiger partial charge in [-0.25, -0.2) is 8.42 Å². The number of hydrogen-bond acceptors (Lipinski definition) is 3. The fourth-order valence-electron chi connectivity index (χ4n) is 3.73. The molecular formula is C22H28N2O3S. The first-order valence-corrected chi connectivity index (χ1v) is 11.6. The first-order valence-electron chi connectivity index (χ1n) is 9.72. The highest BCUT2D eigenvalue weighted by Gasteiger charge is 2.25. The van der Waals surface area contributed by atoms with Gasteiger partial charge in [0.25, 0.3) is 5.91 Å². The van der Waals surface area contributed by atoms with Gasteiger partial charge in [0, 0.05) is 12.1 Å². The van der Waals surface area contributed by atoms with Crippen LogP contribution in [0.15, 0.2) is 48.5 Å². The van der Waals surface area contributed by atoms with Gasteiger partial charge in [-0.3, -0.25) is 9.10 Å². The summed E-state index contributed by atoms with van der Waals surface area (Å²) < 4.78 is 25.5. The predicted octanol–water partition coefficient (Wildman–Crippen LogP) is 3.92. The molecule has 1 aliphatic heterocycles. The number of rotatable bonds is 6. The van der Waals surface area contributed by atoms with Gasteiger partial charge in [-0.1, -0.05) is 44.2 Å². The van der Waals surface area contributed by atoms with Crippen LogP contribution in [0.4, 0.5) is 5.69 Å². The van der Waals surface area contributed by atoms with E-state index in [1.807, 2.05) is 36.4 Å². The first-order chi connectivity index (χ1) is 13.3. The van der Waals surface area contributed by atoms with E-state index < -0.39 is 10.0 Å². The van der Waals surface area contributed by atoms with E-state index in [-0.39, 0.29) is 11.9 Å². The molecule has 2 aromatic rings. The van der Waals surface area contributed by atoms with Gasteiger partial charge in [0.15, 0.2) is 0 Å². The molecule has 3 rings (SSSR count). The van der Waals surface area contributed by atoms with Gasteiger partial charge in [-0.15, -0.1) is 0 Å². The van der Waals surface area contributed by atoms with Crippen LogP contribution >= 0.6 is 0 Å². The lowest BCUT2D eigenvalue weighted by Crippen LogP contribution is -2.35. The minimum atomic E-state index is -3.31. The Morgan fingerprint density at radius 3 is 2.50 bits per heavy atom. The summed E-state index contributed by atoms with van der Waals surface area (Å²) in [5, 5.41) is 3.16. The maximum atomic E-state index is 12.9. The molecular weight excluding hydrogens is 372 g/mol. The molecule has 0 radical (unpaired) electrons. The van der Waals surface area contributed by atoms with Crippen molar-refractivity contribution < 1.29 is 13.2 Å². The highest BCUT2D eigenvalue weighted by atomic mass is 32.2. The summed E-state index contributed by atoms with van der Waals surface area (Å²) in [6.45, 7) is 4.77. The number of carbonyl (C=O) groups is 1. The highest BCUT2D eigenvalue weighted by Crippen LogP contribution is 2.30. The Balaban J connectivity index is 1.84. The summed E-state index contributed by atoms with van der Waals surface area (Å²) in [6.07, 6.45) is 3.60. The summed E-state index contributed by atoms with van der Waals surface area (Å²) in [7, 11) is -3.31. The maximum Gasteiger partial charge on any atom is 0.251 e. The van der Waals surface area contributed by atoms with Crippen LogP contribution in [0.3, 0.4) is 0 Å². The zero-order valence-corrected chi connectivity index (χ0v) is 17.5. The molecule has 1 aliphatic rings. The monoisotopic (exact) mass is 400 g/mol. The van der Waals surface area contributed by atoms with E-state index in [0.29, 0.717) is 23.7 Å². The van der Waals surface area contributed by atoms with E-state index >= 15 is 0 Å². The van der Waals surface area contributed by atoms with Gasteiger partial charge in [0.1, 0.15) is 0 Å². The fraction of sp³-hybridized carbons (Fsp3) is 0.409. The summed E-state index contributed by atoms with van der Waals surface area (Å²) in [5.41, 5.74) is 3.25. The van der Waals surface area contributed by atoms with Gasteiger partial charge >= 0.3 is 0 Å². The number of anilines is 1. The van der Waals surface area contributed by atoms with Crippen molar-refractivity contribution in [3.63, 3.8) is 0 Å². The normalized spacial score (nSPS) is 15.2. The second kappa shape index (κ2) is 8.35. The quantitative estimate of drug-likeness (QED) is 0.799. The maximum absolute atomic E-state index is 12.9. The third-order valence-corrected chi connectivity index (χ3v) is 6.21. The van der Waals surface area contributed by atoms with Crippen LogP contribution in [0.25, 0.3) is 0 Å². The molecule has 1 amide bonds. The molecule has 1 atom stereocenters. The van der Waals surface area contributed by atoms with E-state index in [0.717, 1.165) is 30.4 Å². The van der Waals surface area contributed by atoms with Crippen LogP contribution in [0, 0.1) is 5.92 Å². The number of nitrogens with one attached hydrogen (secondary N) is 1. The van der Waals surface area contributed by atoms with Crippen molar-refractivity contribution in [2.24, 2.45) is 5.92 Å². The SMILES string of the molecule is CC(C)CC(NC(=O)c1ccc2c(c1)CCCN2S(C)(=O)=O)c1ccccc1. The molecule has 0 fully saturated rings. The van der Waals surface area contributed by atoms with Gasteiger partial charge in [-0.2, -0.15) is 0 Å². The molecule has 6 heteroatoms. The van der Waals surface area contributed by atoms with Gasteiger partial charge in [-0.05, 0) is 54.5 Å². The van der Waals surface area contributed by atoms with Crippen molar-refractivity contribution in [2.75, 3.05) is 17.1 Å². The molecule has 1 N–H and O–H groups in total. The van der Waals surface area contributed by atoms with Crippen LogP contribution in [-0.4, -0.2) is 27.1 Å². The average molecular weight is 401 g/mol. The smallest absolute Gasteiger partial charge is 0.251 e. The molecule has 28 heavy (non-hydrogen) atoms. The summed E-state index contributed by atoms with van der Waals surface area (Å²) in [4.78, 5) is 12.9. The number of sulfonamides is 1. The topological polar surface area (TPSA) is 66.5 Å². The Morgan fingerprint density at radius 1 is 1.14 bits per heavy atom. The van der Waals surface area contributed by atoms with Crippen molar-refractivity contribution in [3.05, 3.63) is 65.2 Å². The van der Waals surface area contributed by atoms with Gasteiger partial charge < -0.3 is 5.32 Å². The number of hydrogen-bond donors (Lipinski definition) is 1. The Morgan fingerprint density at radius 2 is 1.86 bits per heavy atom. The molecule has 150 valence electrons. The third-order valence-electron chi connectivity index (χ3n) is 5.03. The first kappa shape index (κ1) is 20.4. The lowest BCUT2D eigenvalue weighted by atomic mass is 9.96. The number of fused-ring (bicyclic) bond motifs is 1. The zero-order chi connectivity index (χ0) is 20.3. The molecule has 0 saturated carbocycles. The Bertz CT molecular complexity index is 940. The minimum Gasteiger partial charge on any atom is -0.345 e. The van der Waals surface area contributed by atoms with E-state index in [1.54, 1.807) is 12.1 Å².